The van der Waals surface area contributed by atoms with Gasteiger partial charge in [0.15, 0.2) is 0 Å². The van der Waals surface area contributed by atoms with Crippen LogP contribution in [0.1, 0.15) is 32.1 Å². The first-order chi connectivity index (χ1) is 7.29. The van der Waals surface area contributed by atoms with E-state index in [2.05, 4.69) is 11.4 Å². The molecule has 1 N–H and O–H groups in total. The summed E-state index contributed by atoms with van der Waals surface area (Å²) < 4.78 is 5.15. The fourth-order valence-electron chi connectivity index (χ4n) is 2.26. The molecule has 82 valence electrons. The second kappa shape index (κ2) is 4.51. The zero-order valence-corrected chi connectivity index (χ0v) is 9.08. The van der Waals surface area contributed by atoms with E-state index in [1.165, 1.54) is 38.2 Å². The Hall–Kier alpha value is -1.25. The number of ether oxygens (including phenoxy) is 1. The Morgan fingerprint density at radius 3 is 2.80 bits per heavy atom. The van der Waals surface area contributed by atoms with Crippen molar-refractivity contribution in [1.82, 2.24) is 5.32 Å². The number of rotatable bonds is 2. The molecule has 3 heteroatoms. The van der Waals surface area contributed by atoms with Crippen molar-refractivity contribution in [3.63, 3.8) is 0 Å². The third-order valence-electron chi connectivity index (χ3n) is 3.06. The van der Waals surface area contributed by atoms with E-state index in [4.69, 9.17) is 4.74 Å². The first-order valence-corrected chi connectivity index (χ1v) is 5.58. The molecular formula is C12H17NO2. The molecule has 1 aliphatic heterocycles. The average molecular weight is 207 g/mol. The molecule has 1 amide bonds. The van der Waals surface area contributed by atoms with Gasteiger partial charge in [-0.05, 0) is 18.8 Å². The molecule has 1 aliphatic carbocycles. The van der Waals surface area contributed by atoms with Gasteiger partial charge in [0.2, 0.25) is 0 Å². The van der Waals surface area contributed by atoms with Crippen molar-refractivity contribution in [2.75, 3.05) is 7.11 Å². The van der Waals surface area contributed by atoms with Crippen LogP contribution in [-0.2, 0) is 9.53 Å². The summed E-state index contributed by atoms with van der Waals surface area (Å²) in [5.74, 6) is 1.20. The van der Waals surface area contributed by atoms with Crippen molar-refractivity contribution >= 4 is 5.91 Å². The molecule has 0 aromatic carbocycles. The van der Waals surface area contributed by atoms with E-state index >= 15 is 0 Å². The quantitative estimate of drug-likeness (QED) is 0.753. The summed E-state index contributed by atoms with van der Waals surface area (Å²) in [5.41, 5.74) is 0.856. The van der Waals surface area contributed by atoms with Gasteiger partial charge in [-0.2, -0.15) is 0 Å². The van der Waals surface area contributed by atoms with E-state index in [9.17, 15) is 4.79 Å². The fraction of sp³-hybridized carbons (Fsp3) is 0.583. The van der Waals surface area contributed by atoms with E-state index in [0.717, 1.165) is 5.70 Å². The van der Waals surface area contributed by atoms with Crippen LogP contribution in [0.25, 0.3) is 0 Å². The number of methoxy groups -OCH3 is 1. The highest BCUT2D eigenvalue weighted by atomic mass is 16.5. The predicted octanol–water partition coefficient (Wildman–Crippen LogP) is 2.11. The summed E-state index contributed by atoms with van der Waals surface area (Å²) in [6.07, 6.45) is 10.1. The van der Waals surface area contributed by atoms with Gasteiger partial charge in [0.05, 0.1) is 12.8 Å². The van der Waals surface area contributed by atoms with Gasteiger partial charge < -0.3 is 10.1 Å². The second-order valence-electron chi connectivity index (χ2n) is 4.18. The maximum absolute atomic E-state index is 11.2. The van der Waals surface area contributed by atoms with Gasteiger partial charge in [-0.25, -0.2) is 0 Å². The topological polar surface area (TPSA) is 38.3 Å². The lowest BCUT2D eigenvalue weighted by Crippen LogP contribution is -2.16. The minimum atomic E-state index is -0.0751. The molecule has 0 spiro atoms. The van der Waals surface area contributed by atoms with Crippen LogP contribution < -0.4 is 5.32 Å². The van der Waals surface area contributed by atoms with E-state index in [-0.39, 0.29) is 5.91 Å². The summed E-state index contributed by atoms with van der Waals surface area (Å²) in [7, 11) is 1.60. The normalized spacial score (nSPS) is 25.3. The lowest BCUT2D eigenvalue weighted by Gasteiger charge is -2.19. The number of hydrogen-bond acceptors (Lipinski definition) is 2. The molecule has 1 heterocycles. The molecule has 0 atom stereocenters. The maximum Gasteiger partial charge on any atom is 0.252 e. The zero-order valence-electron chi connectivity index (χ0n) is 9.08. The molecule has 0 aromatic rings. The van der Waals surface area contributed by atoms with Crippen LogP contribution in [-0.4, -0.2) is 13.0 Å². The Balaban J connectivity index is 2.06. The van der Waals surface area contributed by atoms with E-state index in [0.29, 0.717) is 11.7 Å². The number of nitrogens with one attached hydrogen (secondary N) is 1. The van der Waals surface area contributed by atoms with Gasteiger partial charge in [0.1, 0.15) is 5.76 Å². The van der Waals surface area contributed by atoms with Gasteiger partial charge in [-0.3, -0.25) is 4.79 Å². The van der Waals surface area contributed by atoms with Crippen LogP contribution >= 0.6 is 0 Å². The first-order valence-electron chi connectivity index (χ1n) is 5.58. The molecule has 1 fully saturated rings. The highest BCUT2D eigenvalue weighted by Gasteiger charge is 2.20. The Bertz CT molecular complexity index is 312. The molecule has 0 bridgehead atoms. The fourth-order valence-corrected chi connectivity index (χ4v) is 2.26. The molecule has 15 heavy (non-hydrogen) atoms. The second-order valence-corrected chi connectivity index (χ2v) is 4.18. The summed E-state index contributed by atoms with van der Waals surface area (Å²) >= 11 is 0. The SMILES string of the molecule is COC1=CC(=O)N/C1=C\C1CCCCC1. The molecule has 0 unspecified atom stereocenters. The van der Waals surface area contributed by atoms with E-state index < -0.39 is 0 Å². The van der Waals surface area contributed by atoms with Crippen molar-refractivity contribution in [2.24, 2.45) is 5.92 Å². The Morgan fingerprint density at radius 1 is 1.40 bits per heavy atom. The number of carbonyl (C=O) groups is 1. The summed E-state index contributed by atoms with van der Waals surface area (Å²) in [6, 6.07) is 0. The van der Waals surface area contributed by atoms with Crippen molar-refractivity contribution in [2.45, 2.75) is 32.1 Å². The van der Waals surface area contributed by atoms with Crippen LogP contribution in [0, 0.1) is 5.92 Å². The highest BCUT2D eigenvalue weighted by molar-refractivity contribution is 5.94. The van der Waals surface area contributed by atoms with Gasteiger partial charge >= 0.3 is 0 Å². The van der Waals surface area contributed by atoms with Crippen molar-refractivity contribution in [3.8, 4) is 0 Å². The van der Waals surface area contributed by atoms with Gasteiger partial charge in [0.25, 0.3) is 5.91 Å². The average Bonchev–Trinajstić information content (AvgIpc) is 2.60. The van der Waals surface area contributed by atoms with Crippen molar-refractivity contribution in [1.29, 1.82) is 0 Å². The van der Waals surface area contributed by atoms with Crippen LogP contribution in [0.15, 0.2) is 23.6 Å². The van der Waals surface area contributed by atoms with Gasteiger partial charge in [-0.15, -0.1) is 0 Å². The predicted molar refractivity (Wildman–Crippen MR) is 57.9 cm³/mol. The van der Waals surface area contributed by atoms with Crippen LogP contribution in [0.4, 0.5) is 0 Å². The van der Waals surface area contributed by atoms with Gasteiger partial charge in [-0.1, -0.05) is 25.3 Å². The molecule has 0 radical (unpaired) electrons. The lowest BCUT2D eigenvalue weighted by molar-refractivity contribution is -0.115. The third kappa shape index (κ3) is 2.41. The zero-order chi connectivity index (χ0) is 10.7. The standard InChI is InChI=1S/C12H17NO2/c1-15-11-8-12(14)13-10(11)7-9-5-3-2-4-6-9/h7-9H,2-6H2,1H3,(H,13,14)/b10-7-. The van der Waals surface area contributed by atoms with Crippen LogP contribution in [0.2, 0.25) is 0 Å². The van der Waals surface area contributed by atoms with Crippen molar-refractivity contribution < 1.29 is 9.53 Å². The molecule has 1 saturated carbocycles. The van der Waals surface area contributed by atoms with E-state index in [1.54, 1.807) is 7.11 Å². The Morgan fingerprint density at radius 2 is 2.13 bits per heavy atom. The van der Waals surface area contributed by atoms with Crippen molar-refractivity contribution in [3.05, 3.63) is 23.6 Å². The summed E-state index contributed by atoms with van der Waals surface area (Å²) in [5, 5.41) is 2.81. The molecule has 2 aliphatic rings. The lowest BCUT2D eigenvalue weighted by atomic mass is 9.88. The number of hydrogen-bond donors (Lipinski definition) is 1. The molecule has 0 saturated heterocycles. The largest absolute Gasteiger partial charge is 0.494 e. The minimum absolute atomic E-state index is 0.0751. The maximum atomic E-state index is 11.2. The molecule has 0 aromatic heterocycles. The number of carbonyl (C=O) groups excluding carboxylic acids is 1. The monoisotopic (exact) mass is 207 g/mol. The summed E-state index contributed by atoms with van der Waals surface area (Å²) in [6.45, 7) is 0. The first kappa shape index (κ1) is 10.3. The molecular weight excluding hydrogens is 190 g/mol. The van der Waals surface area contributed by atoms with E-state index in [1.807, 2.05) is 0 Å². The highest BCUT2D eigenvalue weighted by Crippen LogP contribution is 2.27. The molecule has 3 nitrogen and oxygen atoms in total. The van der Waals surface area contributed by atoms with Gasteiger partial charge in [0, 0.05) is 6.08 Å². The smallest absolute Gasteiger partial charge is 0.252 e. The number of allylic oxidation sites excluding steroid dienone is 1. The van der Waals surface area contributed by atoms with Crippen LogP contribution in [0.3, 0.4) is 0 Å². The Kier molecular flexibility index (Phi) is 3.09. The summed E-state index contributed by atoms with van der Waals surface area (Å²) in [4.78, 5) is 11.2. The third-order valence-corrected chi connectivity index (χ3v) is 3.06. The molecule has 2 rings (SSSR count). The Labute approximate surface area is 90.2 Å². The minimum Gasteiger partial charge on any atom is -0.494 e. The number of amides is 1. The van der Waals surface area contributed by atoms with Crippen LogP contribution in [0.5, 0.6) is 0 Å².